The Morgan fingerprint density at radius 2 is 1.89 bits per heavy atom. The SMILES string of the molecule is CCCC(CO)(CNC(=O)OC(C)(C)C)CC(C)C. The first-order valence-electron chi connectivity index (χ1n) is 7.22. The summed E-state index contributed by atoms with van der Waals surface area (Å²) in [5.41, 5.74) is -0.728. The van der Waals surface area contributed by atoms with Crippen LogP contribution in [0.2, 0.25) is 0 Å². The first-order valence-corrected chi connectivity index (χ1v) is 7.22. The second kappa shape index (κ2) is 7.73. The standard InChI is InChI=1S/C15H31NO3/c1-7-8-15(11-17,9-12(2)3)10-16-13(18)19-14(4,5)6/h12,17H,7-11H2,1-6H3,(H,16,18). The minimum atomic E-state index is -0.491. The van der Waals surface area contributed by atoms with Crippen LogP contribution in [-0.2, 0) is 4.74 Å². The Morgan fingerprint density at radius 1 is 1.32 bits per heavy atom. The maximum absolute atomic E-state index is 11.7. The third-order valence-corrected chi connectivity index (χ3v) is 2.96. The van der Waals surface area contributed by atoms with Gasteiger partial charge in [0, 0.05) is 12.0 Å². The summed E-state index contributed by atoms with van der Waals surface area (Å²) in [7, 11) is 0. The van der Waals surface area contributed by atoms with E-state index in [9.17, 15) is 9.90 Å². The van der Waals surface area contributed by atoms with Crippen molar-refractivity contribution in [2.24, 2.45) is 11.3 Å². The Balaban J connectivity index is 4.52. The Morgan fingerprint density at radius 3 is 2.26 bits per heavy atom. The average Bonchev–Trinajstić information content (AvgIpc) is 2.23. The Bertz CT molecular complexity index is 271. The minimum absolute atomic E-state index is 0.0921. The third kappa shape index (κ3) is 8.09. The molecule has 0 saturated heterocycles. The summed E-state index contributed by atoms with van der Waals surface area (Å²) in [6.45, 7) is 12.4. The number of hydrogen-bond donors (Lipinski definition) is 2. The van der Waals surface area contributed by atoms with Crippen LogP contribution >= 0.6 is 0 Å². The maximum atomic E-state index is 11.7. The summed E-state index contributed by atoms with van der Waals surface area (Å²) in [5.74, 6) is 0.485. The third-order valence-electron chi connectivity index (χ3n) is 2.96. The van der Waals surface area contributed by atoms with Gasteiger partial charge in [0.05, 0.1) is 6.61 Å². The predicted octanol–water partition coefficient (Wildman–Crippen LogP) is 3.34. The summed E-state index contributed by atoms with van der Waals surface area (Å²) in [6.07, 6.45) is 2.37. The fourth-order valence-corrected chi connectivity index (χ4v) is 2.43. The van der Waals surface area contributed by atoms with Gasteiger partial charge in [0.1, 0.15) is 5.60 Å². The zero-order valence-corrected chi connectivity index (χ0v) is 13.4. The largest absolute Gasteiger partial charge is 0.444 e. The number of hydrogen-bond acceptors (Lipinski definition) is 3. The molecule has 0 saturated carbocycles. The fourth-order valence-electron chi connectivity index (χ4n) is 2.43. The summed E-state index contributed by atoms with van der Waals surface area (Å²) in [4.78, 5) is 11.7. The molecular weight excluding hydrogens is 242 g/mol. The molecular formula is C15H31NO3. The van der Waals surface area contributed by atoms with Gasteiger partial charge in [-0.2, -0.15) is 0 Å². The highest BCUT2D eigenvalue weighted by Gasteiger charge is 2.30. The van der Waals surface area contributed by atoms with Gasteiger partial charge >= 0.3 is 6.09 Å². The number of ether oxygens (including phenoxy) is 1. The average molecular weight is 273 g/mol. The van der Waals surface area contributed by atoms with E-state index >= 15 is 0 Å². The molecule has 0 rings (SSSR count). The van der Waals surface area contributed by atoms with Crippen molar-refractivity contribution in [3.05, 3.63) is 0 Å². The molecule has 0 heterocycles. The van der Waals surface area contributed by atoms with Crippen LogP contribution < -0.4 is 5.32 Å². The van der Waals surface area contributed by atoms with Crippen LogP contribution in [0.5, 0.6) is 0 Å². The van der Waals surface area contributed by atoms with Crippen LogP contribution in [-0.4, -0.2) is 30.0 Å². The number of aliphatic hydroxyl groups is 1. The molecule has 0 aliphatic rings. The second-order valence-electron chi connectivity index (χ2n) is 6.86. The van der Waals surface area contributed by atoms with Crippen molar-refractivity contribution in [1.29, 1.82) is 0 Å². The molecule has 114 valence electrons. The van der Waals surface area contributed by atoms with Crippen LogP contribution in [0.3, 0.4) is 0 Å². The van der Waals surface area contributed by atoms with Crippen molar-refractivity contribution >= 4 is 6.09 Å². The molecule has 4 heteroatoms. The molecule has 4 nitrogen and oxygen atoms in total. The number of nitrogens with one attached hydrogen (secondary N) is 1. The molecule has 0 aromatic rings. The molecule has 0 aliphatic heterocycles. The van der Waals surface area contributed by atoms with E-state index in [-0.39, 0.29) is 12.0 Å². The highest BCUT2D eigenvalue weighted by Crippen LogP contribution is 2.30. The van der Waals surface area contributed by atoms with Crippen LogP contribution in [0.15, 0.2) is 0 Å². The van der Waals surface area contributed by atoms with E-state index < -0.39 is 11.7 Å². The van der Waals surface area contributed by atoms with E-state index in [1.807, 2.05) is 20.8 Å². The highest BCUT2D eigenvalue weighted by molar-refractivity contribution is 5.67. The molecule has 0 fully saturated rings. The summed E-state index contributed by atoms with van der Waals surface area (Å²) in [6, 6.07) is 0. The second-order valence-corrected chi connectivity index (χ2v) is 6.86. The van der Waals surface area contributed by atoms with Crippen LogP contribution in [0, 0.1) is 11.3 Å². The lowest BCUT2D eigenvalue weighted by molar-refractivity contribution is 0.0425. The number of amides is 1. The number of alkyl carbamates (subject to hydrolysis) is 1. The lowest BCUT2D eigenvalue weighted by atomic mass is 9.77. The van der Waals surface area contributed by atoms with E-state index in [1.165, 1.54) is 0 Å². The predicted molar refractivity (Wildman–Crippen MR) is 78.1 cm³/mol. The molecule has 0 spiro atoms. The smallest absolute Gasteiger partial charge is 0.407 e. The van der Waals surface area contributed by atoms with Crippen molar-refractivity contribution in [3.8, 4) is 0 Å². The first kappa shape index (κ1) is 18.2. The number of carbonyl (C=O) groups excluding carboxylic acids is 1. The Hall–Kier alpha value is -0.770. The highest BCUT2D eigenvalue weighted by atomic mass is 16.6. The molecule has 1 unspecified atom stereocenters. The quantitative estimate of drug-likeness (QED) is 0.748. The van der Waals surface area contributed by atoms with E-state index in [2.05, 4.69) is 26.1 Å². The lowest BCUT2D eigenvalue weighted by Gasteiger charge is -2.34. The van der Waals surface area contributed by atoms with E-state index in [0.29, 0.717) is 12.5 Å². The maximum Gasteiger partial charge on any atom is 0.407 e. The van der Waals surface area contributed by atoms with Crippen molar-refractivity contribution in [2.75, 3.05) is 13.2 Å². The number of carbonyl (C=O) groups is 1. The number of aliphatic hydroxyl groups excluding tert-OH is 1. The van der Waals surface area contributed by atoms with Crippen molar-refractivity contribution in [2.45, 2.75) is 66.4 Å². The van der Waals surface area contributed by atoms with Gasteiger partial charge in [-0.25, -0.2) is 4.79 Å². The zero-order chi connectivity index (χ0) is 15.1. The zero-order valence-electron chi connectivity index (χ0n) is 13.4. The monoisotopic (exact) mass is 273 g/mol. The first-order chi connectivity index (χ1) is 8.64. The van der Waals surface area contributed by atoms with Gasteiger partial charge in [0.15, 0.2) is 0 Å². The Kier molecular flexibility index (Phi) is 7.42. The normalized spacial score (nSPS) is 15.2. The van der Waals surface area contributed by atoms with Crippen LogP contribution in [0.4, 0.5) is 4.79 Å². The molecule has 19 heavy (non-hydrogen) atoms. The van der Waals surface area contributed by atoms with Gasteiger partial charge in [-0.15, -0.1) is 0 Å². The van der Waals surface area contributed by atoms with Crippen LogP contribution in [0.25, 0.3) is 0 Å². The van der Waals surface area contributed by atoms with Gasteiger partial charge in [0.25, 0.3) is 0 Å². The van der Waals surface area contributed by atoms with Crippen molar-refractivity contribution in [1.82, 2.24) is 5.32 Å². The summed E-state index contributed by atoms with van der Waals surface area (Å²) in [5, 5.41) is 12.5. The fraction of sp³-hybridized carbons (Fsp3) is 0.933. The van der Waals surface area contributed by atoms with E-state index in [1.54, 1.807) is 0 Å². The topological polar surface area (TPSA) is 58.6 Å². The molecule has 0 aromatic heterocycles. The Labute approximate surface area is 117 Å². The summed E-state index contributed by atoms with van der Waals surface area (Å²) >= 11 is 0. The molecule has 0 radical (unpaired) electrons. The molecule has 0 bridgehead atoms. The van der Waals surface area contributed by atoms with E-state index in [4.69, 9.17) is 4.74 Å². The van der Waals surface area contributed by atoms with Gasteiger partial charge in [0.2, 0.25) is 0 Å². The van der Waals surface area contributed by atoms with Crippen molar-refractivity contribution in [3.63, 3.8) is 0 Å². The number of rotatable bonds is 7. The molecule has 0 aromatic carbocycles. The van der Waals surface area contributed by atoms with Crippen LogP contribution in [0.1, 0.15) is 60.8 Å². The van der Waals surface area contributed by atoms with Gasteiger partial charge in [-0.3, -0.25) is 0 Å². The van der Waals surface area contributed by atoms with Gasteiger partial charge < -0.3 is 15.2 Å². The molecule has 1 amide bonds. The lowest BCUT2D eigenvalue weighted by Crippen LogP contribution is -2.43. The van der Waals surface area contributed by atoms with Gasteiger partial charge in [-0.1, -0.05) is 27.2 Å². The van der Waals surface area contributed by atoms with Gasteiger partial charge in [-0.05, 0) is 39.5 Å². The molecule has 0 aliphatic carbocycles. The minimum Gasteiger partial charge on any atom is -0.444 e. The van der Waals surface area contributed by atoms with E-state index in [0.717, 1.165) is 19.3 Å². The summed E-state index contributed by atoms with van der Waals surface area (Å²) < 4.78 is 5.23. The molecule has 1 atom stereocenters. The van der Waals surface area contributed by atoms with Crippen molar-refractivity contribution < 1.29 is 14.6 Å². The molecule has 2 N–H and O–H groups in total.